The Morgan fingerprint density at radius 3 is 2.47 bits per heavy atom. The number of carbonyl (C=O) groups is 3. The fraction of sp³-hybridized carbons (Fsp3) is 0.750. The van der Waals surface area contributed by atoms with Crippen molar-refractivity contribution < 1.29 is 19.5 Å². The maximum atomic E-state index is 12.3. The minimum Gasteiger partial charge on any atom is -0.480 e. The molecule has 3 N–H and O–H groups in total. The number of carboxylic acid groups (broad SMARTS) is 1. The standard InChI is InChI=1S/C12H19N3O4/c13-11(18)9-2-1-5-15(9)12(19)14(7-10(16)17)6-8-3-4-8/h8-9H,1-7H2,(H2,13,18)(H,16,17). The van der Waals surface area contributed by atoms with Crippen molar-refractivity contribution in [1.82, 2.24) is 9.80 Å². The van der Waals surface area contributed by atoms with E-state index in [0.717, 1.165) is 19.3 Å². The molecule has 0 aromatic rings. The molecule has 1 saturated carbocycles. The van der Waals surface area contributed by atoms with Gasteiger partial charge in [-0.15, -0.1) is 0 Å². The second-order valence-corrected chi connectivity index (χ2v) is 5.25. The molecule has 1 aliphatic carbocycles. The van der Waals surface area contributed by atoms with Gasteiger partial charge in [-0.2, -0.15) is 0 Å². The highest BCUT2D eigenvalue weighted by molar-refractivity contribution is 5.87. The van der Waals surface area contributed by atoms with Crippen molar-refractivity contribution >= 4 is 17.9 Å². The van der Waals surface area contributed by atoms with Gasteiger partial charge in [0.1, 0.15) is 12.6 Å². The lowest BCUT2D eigenvalue weighted by Gasteiger charge is -2.29. The van der Waals surface area contributed by atoms with Crippen LogP contribution in [0, 0.1) is 5.92 Å². The van der Waals surface area contributed by atoms with Crippen LogP contribution in [0.5, 0.6) is 0 Å². The first kappa shape index (κ1) is 13.6. The van der Waals surface area contributed by atoms with Gasteiger partial charge in [0.2, 0.25) is 5.91 Å². The van der Waals surface area contributed by atoms with E-state index in [9.17, 15) is 14.4 Å². The molecular formula is C12H19N3O4. The number of carboxylic acids is 1. The number of hydrogen-bond acceptors (Lipinski definition) is 3. The largest absolute Gasteiger partial charge is 0.480 e. The van der Waals surface area contributed by atoms with Gasteiger partial charge in [-0.1, -0.05) is 0 Å². The molecule has 2 rings (SSSR count). The van der Waals surface area contributed by atoms with E-state index < -0.39 is 17.9 Å². The molecule has 0 aromatic heterocycles. The van der Waals surface area contributed by atoms with Crippen LogP contribution in [0.25, 0.3) is 0 Å². The van der Waals surface area contributed by atoms with Gasteiger partial charge in [0.15, 0.2) is 0 Å². The number of hydrogen-bond donors (Lipinski definition) is 2. The Kier molecular flexibility index (Phi) is 3.92. The number of aliphatic carboxylic acids is 1. The number of nitrogens with zero attached hydrogens (tertiary/aromatic N) is 2. The van der Waals surface area contributed by atoms with E-state index in [1.54, 1.807) is 0 Å². The second-order valence-electron chi connectivity index (χ2n) is 5.25. The van der Waals surface area contributed by atoms with Crippen LogP contribution in [-0.4, -0.2) is 58.5 Å². The third-order valence-corrected chi connectivity index (χ3v) is 3.60. The maximum absolute atomic E-state index is 12.3. The molecule has 3 amide bonds. The van der Waals surface area contributed by atoms with Gasteiger partial charge in [-0.3, -0.25) is 9.59 Å². The summed E-state index contributed by atoms with van der Waals surface area (Å²) in [5, 5.41) is 8.88. The van der Waals surface area contributed by atoms with Crippen LogP contribution in [0.2, 0.25) is 0 Å². The number of urea groups is 1. The van der Waals surface area contributed by atoms with Crippen LogP contribution in [0.3, 0.4) is 0 Å². The molecule has 1 atom stereocenters. The lowest BCUT2D eigenvalue weighted by molar-refractivity contribution is -0.137. The minimum atomic E-state index is -1.04. The number of nitrogens with two attached hydrogens (primary N) is 1. The molecule has 19 heavy (non-hydrogen) atoms. The number of carbonyl (C=O) groups excluding carboxylic acids is 2. The number of amides is 3. The topological polar surface area (TPSA) is 104 Å². The molecule has 0 radical (unpaired) electrons. The molecule has 0 aromatic carbocycles. The average Bonchev–Trinajstić information content (AvgIpc) is 3.00. The Morgan fingerprint density at radius 2 is 1.95 bits per heavy atom. The first-order valence-corrected chi connectivity index (χ1v) is 6.55. The van der Waals surface area contributed by atoms with Crippen LogP contribution in [0.15, 0.2) is 0 Å². The Labute approximate surface area is 111 Å². The van der Waals surface area contributed by atoms with Crippen molar-refractivity contribution in [2.75, 3.05) is 19.6 Å². The van der Waals surface area contributed by atoms with Crippen molar-refractivity contribution in [3.63, 3.8) is 0 Å². The maximum Gasteiger partial charge on any atom is 0.323 e. The smallest absolute Gasteiger partial charge is 0.323 e. The zero-order valence-corrected chi connectivity index (χ0v) is 10.7. The van der Waals surface area contributed by atoms with Gasteiger partial charge in [-0.25, -0.2) is 4.79 Å². The quantitative estimate of drug-likeness (QED) is 0.724. The Morgan fingerprint density at radius 1 is 1.26 bits per heavy atom. The van der Waals surface area contributed by atoms with E-state index in [1.807, 2.05) is 0 Å². The van der Waals surface area contributed by atoms with Crippen LogP contribution < -0.4 is 5.73 Å². The normalized spacial score (nSPS) is 22.3. The number of rotatable bonds is 5. The summed E-state index contributed by atoms with van der Waals surface area (Å²) in [5.41, 5.74) is 5.27. The summed E-state index contributed by atoms with van der Waals surface area (Å²) >= 11 is 0. The highest BCUT2D eigenvalue weighted by Gasteiger charge is 2.37. The fourth-order valence-electron chi connectivity index (χ4n) is 2.46. The first-order valence-electron chi connectivity index (χ1n) is 6.55. The Balaban J connectivity index is 2.04. The third-order valence-electron chi connectivity index (χ3n) is 3.60. The molecule has 0 bridgehead atoms. The molecule has 7 nitrogen and oxygen atoms in total. The van der Waals surface area contributed by atoms with E-state index in [0.29, 0.717) is 25.4 Å². The lowest BCUT2D eigenvalue weighted by atomic mass is 10.2. The zero-order chi connectivity index (χ0) is 14.0. The van der Waals surface area contributed by atoms with E-state index >= 15 is 0 Å². The van der Waals surface area contributed by atoms with Crippen LogP contribution >= 0.6 is 0 Å². The molecule has 106 valence electrons. The third kappa shape index (κ3) is 3.36. The molecule has 1 saturated heterocycles. The van der Waals surface area contributed by atoms with E-state index in [-0.39, 0.29) is 12.6 Å². The van der Waals surface area contributed by atoms with Gasteiger partial charge in [0.25, 0.3) is 0 Å². The van der Waals surface area contributed by atoms with Gasteiger partial charge in [0, 0.05) is 13.1 Å². The molecule has 0 spiro atoms. The second kappa shape index (κ2) is 5.46. The van der Waals surface area contributed by atoms with Crippen molar-refractivity contribution in [3.05, 3.63) is 0 Å². The highest BCUT2D eigenvalue weighted by atomic mass is 16.4. The summed E-state index contributed by atoms with van der Waals surface area (Å²) in [7, 11) is 0. The minimum absolute atomic E-state index is 0.322. The molecular weight excluding hydrogens is 250 g/mol. The lowest BCUT2D eigenvalue weighted by Crippen LogP contribution is -2.51. The summed E-state index contributed by atoms with van der Waals surface area (Å²) in [6.07, 6.45) is 3.35. The first-order chi connectivity index (χ1) is 8.99. The summed E-state index contributed by atoms with van der Waals surface area (Å²) < 4.78 is 0. The summed E-state index contributed by atoms with van der Waals surface area (Å²) in [5.74, 6) is -1.16. The van der Waals surface area contributed by atoms with Crippen molar-refractivity contribution in [1.29, 1.82) is 0 Å². The van der Waals surface area contributed by atoms with Gasteiger partial charge < -0.3 is 20.6 Å². The van der Waals surface area contributed by atoms with Crippen molar-refractivity contribution in [2.45, 2.75) is 31.7 Å². The van der Waals surface area contributed by atoms with Crippen molar-refractivity contribution in [2.24, 2.45) is 11.7 Å². The fourth-order valence-corrected chi connectivity index (χ4v) is 2.46. The predicted octanol–water partition coefficient (Wildman–Crippen LogP) is -0.147. The Hall–Kier alpha value is -1.79. The number of primary amides is 1. The summed E-state index contributed by atoms with van der Waals surface area (Å²) in [6.45, 7) is 0.595. The highest BCUT2D eigenvalue weighted by Crippen LogP contribution is 2.30. The van der Waals surface area contributed by atoms with Gasteiger partial charge in [-0.05, 0) is 31.6 Å². The van der Waals surface area contributed by atoms with Crippen LogP contribution in [0.1, 0.15) is 25.7 Å². The number of likely N-dealkylation sites (tertiary alicyclic amines) is 1. The molecule has 2 aliphatic rings. The molecule has 2 fully saturated rings. The Bertz CT molecular complexity index is 394. The summed E-state index contributed by atoms with van der Waals surface area (Å²) in [6, 6.07) is -0.974. The molecule has 1 unspecified atom stereocenters. The monoisotopic (exact) mass is 269 g/mol. The predicted molar refractivity (Wildman–Crippen MR) is 66.3 cm³/mol. The van der Waals surface area contributed by atoms with E-state index in [1.165, 1.54) is 9.80 Å². The average molecular weight is 269 g/mol. The van der Waals surface area contributed by atoms with E-state index in [2.05, 4.69) is 0 Å². The van der Waals surface area contributed by atoms with Crippen molar-refractivity contribution in [3.8, 4) is 0 Å². The van der Waals surface area contributed by atoms with Gasteiger partial charge >= 0.3 is 12.0 Å². The van der Waals surface area contributed by atoms with Gasteiger partial charge in [0.05, 0.1) is 0 Å². The zero-order valence-electron chi connectivity index (χ0n) is 10.7. The molecule has 7 heteroatoms. The van der Waals surface area contributed by atoms with E-state index in [4.69, 9.17) is 10.8 Å². The van der Waals surface area contributed by atoms with Crippen LogP contribution in [-0.2, 0) is 9.59 Å². The van der Waals surface area contributed by atoms with Crippen LogP contribution in [0.4, 0.5) is 4.79 Å². The molecule has 1 aliphatic heterocycles. The summed E-state index contributed by atoms with van der Waals surface area (Å²) in [4.78, 5) is 37.2. The molecule has 1 heterocycles. The SMILES string of the molecule is NC(=O)C1CCCN1C(=O)N(CC(=O)O)CC1CC1.